The Kier molecular flexibility index (Phi) is 4.83. The molecule has 0 saturated carbocycles. The number of hydrogen-bond donors (Lipinski definition) is 0. The Morgan fingerprint density at radius 2 is 2.11 bits per heavy atom. The van der Waals surface area contributed by atoms with Gasteiger partial charge in [-0.2, -0.15) is 0 Å². The number of ether oxygens (including phenoxy) is 3. The number of carbonyl (C=O) groups excluding carboxylic acids is 2. The molecule has 1 aromatic carbocycles. The molecule has 0 spiro atoms. The van der Waals surface area contributed by atoms with Gasteiger partial charge in [-0.05, 0) is 30.2 Å². The van der Waals surface area contributed by atoms with Crippen LogP contribution in [0.5, 0.6) is 5.75 Å². The number of esters is 1. The maximum Gasteiger partial charge on any atom is 0.332 e. The summed E-state index contributed by atoms with van der Waals surface area (Å²) in [7, 11) is 1.45. The molecule has 7 heteroatoms. The number of pyridine rings is 1. The molecule has 2 unspecified atom stereocenters. The average molecular weight is 380 g/mol. The Balaban J connectivity index is 1.71. The van der Waals surface area contributed by atoms with Gasteiger partial charge < -0.3 is 14.2 Å². The van der Waals surface area contributed by atoms with Crippen LogP contribution in [0, 0.1) is 6.92 Å². The normalized spacial score (nSPS) is 18.1. The number of rotatable bonds is 6. The molecule has 4 rings (SSSR count). The van der Waals surface area contributed by atoms with E-state index in [-0.39, 0.29) is 6.61 Å². The lowest BCUT2D eigenvalue weighted by Gasteiger charge is -2.22. The van der Waals surface area contributed by atoms with Gasteiger partial charge in [-0.3, -0.25) is 9.20 Å². The molecule has 28 heavy (non-hydrogen) atoms. The molecule has 2 heterocycles. The first-order valence-corrected chi connectivity index (χ1v) is 8.98. The Morgan fingerprint density at radius 1 is 1.29 bits per heavy atom. The van der Waals surface area contributed by atoms with Crippen LogP contribution in [0.4, 0.5) is 0 Å². The van der Waals surface area contributed by atoms with Gasteiger partial charge in [0.25, 0.3) is 0 Å². The zero-order valence-corrected chi connectivity index (χ0v) is 15.6. The van der Waals surface area contributed by atoms with Crippen LogP contribution in [0.2, 0.25) is 0 Å². The molecule has 0 bridgehead atoms. The van der Waals surface area contributed by atoms with Gasteiger partial charge in [-0.25, -0.2) is 9.78 Å². The summed E-state index contributed by atoms with van der Waals surface area (Å²) in [5, 5.41) is 0. The van der Waals surface area contributed by atoms with Crippen molar-refractivity contribution >= 4 is 17.9 Å². The monoisotopic (exact) mass is 380 g/mol. The van der Waals surface area contributed by atoms with E-state index in [0.29, 0.717) is 29.2 Å². The molecule has 0 radical (unpaired) electrons. The molecule has 0 aliphatic heterocycles. The molecule has 3 aromatic rings. The number of imidazole rings is 1. The van der Waals surface area contributed by atoms with E-state index in [1.165, 1.54) is 7.11 Å². The number of fused-ring (bicyclic) bond motifs is 2. The molecule has 0 amide bonds. The maximum absolute atomic E-state index is 12.0. The highest BCUT2D eigenvalue weighted by Crippen LogP contribution is 2.38. The second kappa shape index (κ2) is 7.44. The molecule has 0 saturated heterocycles. The molecule has 7 nitrogen and oxygen atoms in total. The lowest BCUT2D eigenvalue weighted by molar-refractivity contribution is -0.157. The van der Waals surface area contributed by atoms with Crippen LogP contribution >= 0.6 is 0 Å². The lowest BCUT2D eigenvalue weighted by Crippen LogP contribution is -2.28. The number of aldehydes is 1. The van der Waals surface area contributed by atoms with Crippen LogP contribution < -0.4 is 4.74 Å². The van der Waals surface area contributed by atoms with E-state index < -0.39 is 18.2 Å². The van der Waals surface area contributed by atoms with Gasteiger partial charge in [0.2, 0.25) is 0 Å². The lowest BCUT2D eigenvalue weighted by atomic mass is 10.1. The standard InChI is InChI=1S/C21H20N2O5/c1-13-16(11-24)23-9-5-8-17(21(23)22-13)28-20-15-7-4-3-6-14(15)10-18(20)27-19(25)12-26-2/h3-9,11,18,20H,10,12H2,1-2H3. The van der Waals surface area contributed by atoms with Gasteiger partial charge in [0.05, 0.1) is 5.69 Å². The summed E-state index contributed by atoms with van der Waals surface area (Å²) in [6.07, 6.45) is 2.16. The first kappa shape index (κ1) is 18.2. The highest BCUT2D eigenvalue weighted by Gasteiger charge is 2.37. The largest absolute Gasteiger partial charge is 0.478 e. The van der Waals surface area contributed by atoms with Crippen LogP contribution in [-0.4, -0.2) is 41.5 Å². The topological polar surface area (TPSA) is 79.1 Å². The van der Waals surface area contributed by atoms with Gasteiger partial charge in [0, 0.05) is 19.7 Å². The van der Waals surface area contributed by atoms with Gasteiger partial charge in [-0.1, -0.05) is 24.3 Å². The average Bonchev–Trinajstić information content (AvgIpc) is 3.19. The molecular weight excluding hydrogens is 360 g/mol. The summed E-state index contributed by atoms with van der Waals surface area (Å²) in [5.41, 5.74) is 3.70. The molecular formula is C21H20N2O5. The summed E-state index contributed by atoms with van der Waals surface area (Å²) in [5.74, 6) is 0.0835. The Labute approximate surface area is 161 Å². The molecule has 1 aliphatic rings. The number of nitrogens with zero attached hydrogens (tertiary/aromatic N) is 2. The van der Waals surface area contributed by atoms with Crippen LogP contribution in [0.25, 0.3) is 5.65 Å². The van der Waals surface area contributed by atoms with Gasteiger partial charge in [0.1, 0.15) is 18.4 Å². The van der Waals surface area contributed by atoms with Crippen molar-refractivity contribution in [1.29, 1.82) is 0 Å². The summed E-state index contributed by atoms with van der Waals surface area (Å²) < 4.78 is 18.5. The molecule has 0 N–H and O–H groups in total. The summed E-state index contributed by atoms with van der Waals surface area (Å²) >= 11 is 0. The summed E-state index contributed by atoms with van der Waals surface area (Å²) in [6.45, 7) is 1.66. The van der Waals surface area contributed by atoms with Crippen molar-refractivity contribution < 1.29 is 23.8 Å². The predicted octanol–water partition coefficient (Wildman–Crippen LogP) is 2.69. The fraction of sp³-hybridized carbons (Fsp3) is 0.286. The van der Waals surface area contributed by atoms with Crippen LogP contribution in [0.1, 0.15) is 33.4 Å². The van der Waals surface area contributed by atoms with E-state index >= 15 is 0 Å². The fourth-order valence-electron chi connectivity index (χ4n) is 3.63. The SMILES string of the molecule is COCC(=O)OC1Cc2ccccc2C1Oc1cccn2c(C=O)c(C)nc12. The molecule has 0 fully saturated rings. The predicted molar refractivity (Wildman–Crippen MR) is 101 cm³/mol. The number of carbonyl (C=O) groups is 2. The minimum atomic E-state index is -0.472. The van der Waals surface area contributed by atoms with Crippen molar-refractivity contribution in [2.24, 2.45) is 0 Å². The third-order valence-corrected chi connectivity index (χ3v) is 4.87. The van der Waals surface area contributed by atoms with E-state index in [2.05, 4.69) is 4.98 Å². The Morgan fingerprint density at radius 3 is 2.89 bits per heavy atom. The van der Waals surface area contributed by atoms with Crippen molar-refractivity contribution in [3.63, 3.8) is 0 Å². The smallest absolute Gasteiger partial charge is 0.332 e. The van der Waals surface area contributed by atoms with E-state index in [1.807, 2.05) is 24.3 Å². The minimum absolute atomic E-state index is 0.114. The number of benzene rings is 1. The first-order chi connectivity index (χ1) is 13.6. The van der Waals surface area contributed by atoms with E-state index in [1.54, 1.807) is 29.7 Å². The molecule has 144 valence electrons. The van der Waals surface area contributed by atoms with Crippen LogP contribution in [0.15, 0.2) is 42.6 Å². The number of aryl methyl sites for hydroxylation is 1. The van der Waals surface area contributed by atoms with Crippen LogP contribution in [0.3, 0.4) is 0 Å². The highest BCUT2D eigenvalue weighted by molar-refractivity contribution is 5.77. The molecule has 2 atom stereocenters. The number of aromatic nitrogens is 2. The van der Waals surface area contributed by atoms with Crippen molar-refractivity contribution in [2.45, 2.75) is 25.6 Å². The summed E-state index contributed by atoms with van der Waals surface area (Å²) in [4.78, 5) is 27.9. The third kappa shape index (κ3) is 3.14. The zero-order valence-electron chi connectivity index (χ0n) is 15.6. The van der Waals surface area contributed by atoms with E-state index in [0.717, 1.165) is 17.4 Å². The van der Waals surface area contributed by atoms with Crippen molar-refractivity contribution in [3.8, 4) is 5.75 Å². The maximum atomic E-state index is 12.0. The minimum Gasteiger partial charge on any atom is -0.478 e. The fourth-order valence-corrected chi connectivity index (χ4v) is 3.63. The van der Waals surface area contributed by atoms with Gasteiger partial charge in [0.15, 0.2) is 23.8 Å². The number of methoxy groups -OCH3 is 1. The van der Waals surface area contributed by atoms with E-state index in [4.69, 9.17) is 14.2 Å². The molecule has 1 aliphatic carbocycles. The van der Waals surface area contributed by atoms with Gasteiger partial charge >= 0.3 is 5.97 Å². The van der Waals surface area contributed by atoms with Gasteiger partial charge in [-0.15, -0.1) is 0 Å². The highest BCUT2D eigenvalue weighted by atomic mass is 16.6. The second-order valence-corrected chi connectivity index (χ2v) is 6.67. The zero-order chi connectivity index (χ0) is 19.7. The quantitative estimate of drug-likeness (QED) is 0.483. The Hall–Kier alpha value is -3.19. The third-order valence-electron chi connectivity index (χ3n) is 4.87. The first-order valence-electron chi connectivity index (χ1n) is 8.98. The Bertz CT molecular complexity index is 1040. The van der Waals surface area contributed by atoms with E-state index in [9.17, 15) is 9.59 Å². The van der Waals surface area contributed by atoms with Crippen molar-refractivity contribution in [3.05, 3.63) is 65.1 Å². The van der Waals surface area contributed by atoms with Crippen molar-refractivity contribution in [2.75, 3.05) is 13.7 Å². The summed E-state index contributed by atoms with van der Waals surface area (Å²) in [6, 6.07) is 11.4. The van der Waals surface area contributed by atoms with Crippen LogP contribution in [-0.2, 0) is 20.7 Å². The second-order valence-electron chi connectivity index (χ2n) is 6.67. The number of hydrogen-bond acceptors (Lipinski definition) is 6. The van der Waals surface area contributed by atoms with Crippen molar-refractivity contribution in [1.82, 2.24) is 9.38 Å². The molecule has 2 aromatic heterocycles.